The fraction of sp³-hybridized carbons (Fsp3) is 0.400. The Hall–Kier alpha value is -0.470. The monoisotopic (exact) mass is 179 g/mol. The van der Waals surface area contributed by atoms with E-state index in [1.165, 1.54) is 5.56 Å². The van der Waals surface area contributed by atoms with Gasteiger partial charge in [0, 0.05) is 17.2 Å². The average molecular weight is 179 g/mol. The molecule has 2 heteroatoms. The Morgan fingerprint density at radius 2 is 2.08 bits per heavy atom. The fourth-order valence-electron chi connectivity index (χ4n) is 1.55. The molecule has 0 radical (unpaired) electrons. The van der Waals surface area contributed by atoms with E-state index >= 15 is 0 Å². The van der Waals surface area contributed by atoms with Crippen LogP contribution >= 0.6 is 11.8 Å². The molecule has 1 saturated heterocycles. The van der Waals surface area contributed by atoms with Crippen LogP contribution in [0.2, 0.25) is 0 Å². The lowest BCUT2D eigenvalue weighted by Crippen LogP contribution is -2.21. The largest absolute Gasteiger partial charge is 0.304 e. The fourth-order valence-corrected chi connectivity index (χ4v) is 2.82. The van der Waals surface area contributed by atoms with Gasteiger partial charge in [-0.3, -0.25) is 0 Å². The van der Waals surface area contributed by atoms with E-state index in [1.54, 1.807) is 0 Å². The van der Waals surface area contributed by atoms with Gasteiger partial charge in [-0.1, -0.05) is 30.3 Å². The van der Waals surface area contributed by atoms with E-state index in [-0.39, 0.29) is 0 Å². The summed E-state index contributed by atoms with van der Waals surface area (Å²) >= 11 is 1.99. The van der Waals surface area contributed by atoms with Crippen molar-refractivity contribution >= 4 is 11.8 Å². The van der Waals surface area contributed by atoms with Crippen molar-refractivity contribution < 1.29 is 0 Å². The predicted molar refractivity (Wildman–Crippen MR) is 54.2 cm³/mol. The van der Waals surface area contributed by atoms with Crippen LogP contribution in [0, 0.1) is 0 Å². The lowest BCUT2D eigenvalue weighted by molar-refractivity contribution is 0.620. The molecule has 2 atom stereocenters. The molecule has 0 aromatic heterocycles. The second-order valence-corrected chi connectivity index (χ2v) is 4.26. The molecule has 1 aliphatic heterocycles. The second kappa shape index (κ2) is 3.50. The molecule has 1 heterocycles. The Balaban J connectivity index is 2.19. The topological polar surface area (TPSA) is 12.0 Å². The molecular formula is C10H13NS. The SMILES string of the molecule is C[C@H]1NCS[C@H]1c1ccccc1. The molecule has 64 valence electrons. The van der Waals surface area contributed by atoms with Crippen molar-refractivity contribution in [1.29, 1.82) is 0 Å². The number of nitrogens with one attached hydrogen (secondary N) is 1. The highest BCUT2D eigenvalue weighted by Gasteiger charge is 2.24. The van der Waals surface area contributed by atoms with Crippen molar-refractivity contribution in [1.82, 2.24) is 5.32 Å². The number of hydrogen-bond acceptors (Lipinski definition) is 2. The molecule has 1 aromatic rings. The first-order chi connectivity index (χ1) is 5.88. The van der Waals surface area contributed by atoms with Crippen molar-refractivity contribution in [3.05, 3.63) is 35.9 Å². The van der Waals surface area contributed by atoms with Crippen LogP contribution in [0.4, 0.5) is 0 Å². The van der Waals surface area contributed by atoms with Crippen molar-refractivity contribution in [2.45, 2.75) is 18.2 Å². The highest BCUT2D eigenvalue weighted by atomic mass is 32.2. The molecule has 0 unspecified atom stereocenters. The van der Waals surface area contributed by atoms with Crippen molar-refractivity contribution in [2.75, 3.05) is 5.88 Å². The van der Waals surface area contributed by atoms with Gasteiger partial charge in [-0.25, -0.2) is 0 Å². The van der Waals surface area contributed by atoms with Crippen LogP contribution in [0.1, 0.15) is 17.7 Å². The van der Waals surface area contributed by atoms with Crippen LogP contribution < -0.4 is 5.32 Å². The summed E-state index contributed by atoms with van der Waals surface area (Å²) < 4.78 is 0. The third-order valence-electron chi connectivity index (χ3n) is 2.25. The molecule has 2 rings (SSSR count). The molecule has 0 bridgehead atoms. The Morgan fingerprint density at radius 3 is 2.67 bits per heavy atom. The minimum Gasteiger partial charge on any atom is -0.304 e. The van der Waals surface area contributed by atoms with Crippen LogP contribution in [0.25, 0.3) is 0 Å². The van der Waals surface area contributed by atoms with E-state index in [2.05, 4.69) is 42.6 Å². The third kappa shape index (κ3) is 1.50. The van der Waals surface area contributed by atoms with Crippen LogP contribution in [0.15, 0.2) is 30.3 Å². The van der Waals surface area contributed by atoms with Crippen LogP contribution in [0.3, 0.4) is 0 Å². The third-order valence-corrected chi connectivity index (χ3v) is 3.62. The van der Waals surface area contributed by atoms with Gasteiger partial charge in [0.15, 0.2) is 0 Å². The molecule has 0 saturated carbocycles. The quantitative estimate of drug-likeness (QED) is 0.710. The number of thioether (sulfide) groups is 1. The normalized spacial score (nSPS) is 29.1. The lowest BCUT2D eigenvalue weighted by Gasteiger charge is -2.13. The number of rotatable bonds is 1. The van der Waals surface area contributed by atoms with Crippen molar-refractivity contribution in [3.8, 4) is 0 Å². The lowest BCUT2D eigenvalue weighted by atomic mass is 10.1. The van der Waals surface area contributed by atoms with E-state index in [0.717, 1.165) is 5.88 Å². The second-order valence-electron chi connectivity index (χ2n) is 3.14. The average Bonchev–Trinajstić information content (AvgIpc) is 2.53. The molecule has 1 N–H and O–H groups in total. The summed E-state index contributed by atoms with van der Waals surface area (Å²) in [6.07, 6.45) is 0. The van der Waals surface area contributed by atoms with Crippen molar-refractivity contribution in [3.63, 3.8) is 0 Å². The van der Waals surface area contributed by atoms with E-state index in [1.807, 2.05) is 11.8 Å². The Bertz CT molecular complexity index is 247. The van der Waals surface area contributed by atoms with Gasteiger partial charge in [0.25, 0.3) is 0 Å². The summed E-state index contributed by atoms with van der Waals surface area (Å²) in [6, 6.07) is 11.3. The van der Waals surface area contributed by atoms with Gasteiger partial charge in [0.1, 0.15) is 0 Å². The van der Waals surface area contributed by atoms with Gasteiger partial charge in [-0.2, -0.15) is 0 Å². The summed E-state index contributed by atoms with van der Waals surface area (Å²) in [6.45, 7) is 2.25. The molecular weight excluding hydrogens is 166 g/mol. The van der Waals surface area contributed by atoms with Gasteiger partial charge in [-0.05, 0) is 12.5 Å². The summed E-state index contributed by atoms with van der Waals surface area (Å²) in [4.78, 5) is 0. The molecule has 1 aromatic carbocycles. The van der Waals surface area contributed by atoms with Crippen LogP contribution in [-0.4, -0.2) is 11.9 Å². The highest BCUT2D eigenvalue weighted by Crippen LogP contribution is 2.35. The van der Waals surface area contributed by atoms with E-state index in [0.29, 0.717) is 11.3 Å². The summed E-state index contributed by atoms with van der Waals surface area (Å²) in [7, 11) is 0. The van der Waals surface area contributed by atoms with E-state index < -0.39 is 0 Å². The van der Waals surface area contributed by atoms with Crippen LogP contribution in [0.5, 0.6) is 0 Å². The van der Waals surface area contributed by atoms with Gasteiger partial charge >= 0.3 is 0 Å². The Kier molecular flexibility index (Phi) is 2.38. The number of benzene rings is 1. The molecule has 1 fully saturated rings. The van der Waals surface area contributed by atoms with E-state index in [9.17, 15) is 0 Å². The minimum absolute atomic E-state index is 0.609. The first-order valence-corrected chi connectivity index (χ1v) is 5.33. The smallest absolute Gasteiger partial charge is 0.0460 e. The van der Waals surface area contributed by atoms with Gasteiger partial charge in [0.2, 0.25) is 0 Å². The van der Waals surface area contributed by atoms with E-state index in [4.69, 9.17) is 0 Å². The van der Waals surface area contributed by atoms with Crippen molar-refractivity contribution in [2.24, 2.45) is 0 Å². The van der Waals surface area contributed by atoms with Gasteiger partial charge in [0.05, 0.1) is 0 Å². The Labute approximate surface area is 77.6 Å². The molecule has 12 heavy (non-hydrogen) atoms. The predicted octanol–water partition coefficient (Wildman–Crippen LogP) is 2.41. The zero-order valence-electron chi connectivity index (χ0n) is 7.16. The first-order valence-electron chi connectivity index (χ1n) is 4.28. The summed E-state index contributed by atoms with van der Waals surface area (Å²) in [5.74, 6) is 1.08. The number of hydrogen-bond donors (Lipinski definition) is 1. The maximum absolute atomic E-state index is 3.43. The molecule has 0 amide bonds. The molecule has 0 spiro atoms. The standard InChI is InChI=1S/C10H13NS/c1-8-10(12-7-11-8)9-5-3-2-4-6-9/h2-6,8,10-11H,7H2,1H3/t8-,10-/m1/s1. The maximum Gasteiger partial charge on any atom is 0.0460 e. The zero-order chi connectivity index (χ0) is 8.39. The Morgan fingerprint density at radius 1 is 1.33 bits per heavy atom. The van der Waals surface area contributed by atoms with Gasteiger partial charge in [-0.15, -0.1) is 11.8 Å². The summed E-state index contributed by atoms with van der Waals surface area (Å²) in [5.41, 5.74) is 1.44. The molecule has 1 nitrogen and oxygen atoms in total. The highest BCUT2D eigenvalue weighted by molar-refractivity contribution is 7.99. The van der Waals surface area contributed by atoms with Gasteiger partial charge < -0.3 is 5.32 Å². The first kappa shape index (κ1) is 8.14. The zero-order valence-corrected chi connectivity index (χ0v) is 7.97. The molecule has 1 aliphatic rings. The maximum atomic E-state index is 3.43. The summed E-state index contributed by atoms with van der Waals surface area (Å²) in [5, 5.41) is 4.08. The minimum atomic E-state index is 0.609. The molecule has 0 aliphatic carbocycles. The van der Waals surface area contributed by atoms with Crippen LogP contribution in [-0.2, 0) is 0 Å².